The molecule has 0 atom stereocenters. The first-order chi connectivity index (χ1) is 2.00. The predicted molar refractivity (Wildman–Crippen MR) is 30.1 cm³/mol. The van der Waals surface area contributed by atoms with Gasteiger partial charge in [0.2, 0.25) is 0 Å². The van der Waals surface area contributed by atoms with Crippen molar-refractivity contribution in [3.05, 3.63) is 0 Å². The Labute approximate surface area is 147 Å². The molecule has 7 nitrogen and oxygen atoms in total. The van der Waals surface area contributed by atoms with Crippen LogP contribution < -0.4 is 115 Å². The largest absolute Gasteiger partial charge is 1.00 e. The monoisotopic (exact) mass is 230 g/mol. The molecule has 0 aromatic heterocycles. The fraction of sp³-hybridized carbons (Fsp3) is 0. The molecule has 0 aliphatic carbocycles. The first kappa shape index (κ1) is 37.8. The van der Waals surface area contributed by atoms with Gasteiger partial charge in [0.15, 0.2) is 0 Å². The third-order valence-corrected chi connectivity index (χ3v) is 0. The molecule has 0 bridgehead atoms. The second-order valence-corrected chi connectivity index (χ2v) is 1.54. The van der Waals surface area contributed by atoms with E-state index < -0.39 is 7.82 Å². The zero-order chi connectivity index (χ0) is 4.50. The van der Waals surface area contributed by atoms with Gasteiger partial charge in [0.05, 0.1) is 0 Å². The van der Waals surface area contributed by atoms with Gasteiger partial charge in [-0.15, -0.1) is 0 Å². The van der Waals surface area contributed by atoms with Crippen LogP contribution in [0, 0.1) is 0 Å². The smallest absolute Gasteiger partial charge is 1.00 e. The molecule has 11 N–H and O–H groups in total. The van der Waals surface area contributed by atoms with Crippen molar-refractivity contribution in [2.45, 2.75) is 0 Å². The quantitative estimate of drug-likeness (QED) is 0.203. The summed E-state index contributed by atoms with van der Waals surface area (Å²) >= 11 is 0. The van der Waals surface area contributed by atoms with Crippen molar-refractivity contribution >= 4 is 7.82 Å². The van der Waals surface area contributed by atoms with Crippen molar-refractivity contribution < 1.29 is 130 Å². The third kappa shape index (κ3) is 111. The van der Waals surface area contributed by atoms with Gasteiger partial charge in [-0.25, -0.2) is 4.57 Å². The van der Waals surface area contributed by atoms with E-state index in [1.165, 1.54) is 0 Å². The molecule has 0 aliphatic rings. The number of hydrogen-bond donors (Lipinski definition) is 5. The van der Waals surface area contributed by atoms with E-state index in [4.69, 9.17) is 19.2 Å². The average molecular weight is 230 g/mol. The molecule has 10 heteroatoms. The summed E-state index contributed by atoms with van der Waals surface area (Å²) in [6.07, 6.45) is 0. The number of hydrogen-bond acceptors (Lipinski definition) is 3. The minimum atomic E-state index is -4.64. The SMILES string of the molecule is N.N.O.O=P(O)(O)O.[H-].[H-].[K+].[K+]. The standard InChI is InChI=1S/2K.2H3N.H3O4P.H2O.2H/c;;;;1-5(2,3)4;;;/h;;2*1H3;(H3,1,2,3,4);1H2;;/q2*+1;;;;;2*-1. The van der Waals surface area contributed by atoms with Gasteiger partial charge in [-0.2, -0.15) is 0 Å². The Bertz CT molecular complexity index is 71.6. The van der Waals surface area contributed by atoms with Crippen LogP contribution in [0.3, 0.4) is 0 Å². The number of rotatable bonds is 0. The van der Waals surface area contributed by atoms with Crippen molar-refractivity contribution in [3.63, 3.8) is 0 Å². The molecule has 0 radical (unpaired) electrons. The summed E-state index contributed by atoms with van der Waals surface area (Å²) in [5.74, 6) is 0. The van der Waals surface area contributed by atoms with Gasteiger partial charge in [0.1, 0.15) is 0 Å². The molecule has 0 unspecified atom stereocenters. The van der Waals surface area contributed by atoms with E-state index in [9.17, 15) is 0 Å². The van der Waals surface area contributed by atoms with Gasteiger partial charge >= 0.3 is 111 Å². The number of phosphoric acid groups is 1. The van der Waals surface area contributed by atoms with Crippen LogP contribution in [0.4, 0.5) is 0 Å². The summed E-state index contributed by atoms with van der Waals surface area (Å²) in [5.41, 5.74) is 0. The molecule has 0 amide bonds. The van der Waals surface area contributed by atoms with Gasteiger partial charge in [0, 0.05) is 0 Å². The third-order valence-electron chi connectivity index (χ3n) is 0. The van der Waals surface area contributed by atoms with E-state index in [2.05, 4.69) is 0 Å². The van der Waals surface area contributed by atoms with Crippen LogP contribution >= 0.6 is 7.82 Å². The molecule has 10 heavy (non-hydrogen) atoms. The van der Waals surface area contributed by atoms with Crippen LogP contribution in [-0.4, -0.2) is 20.2 Å². The maximum Gasteiger partial charge on any atom is 1.00 e. The Balaban J connectivity index is -0.00000000381. The van der Waals surface area contributed by atoms with Gasteiger partial charge in [-0.05, 0) is 0 Å². The molecule has 0 saturated carbocycles. The van der Waals surface area contributed by atoms with E-state index >= 15 is 0 Å². The van der Waals surface area contributed by atoms with Crippen LogP contribution in [0.2, 0.25) is 0 Å². The van der Waals surface area contributed by atoms with E-state index in [0.29, 0.717) is 0 Å². The second kappa shape index (κ2) is 18.1. The molecule has 0 saturated heterocycles. The summed E-state index contributed by atoms with van der Waals surface area (Å²) in [4.78, 5) is 21.6. The minimum Gasteiger partial charge on any atom is -1.00 e. The summed E-state index contributed by atoms with van der Waals surface area (Å²) < 4.78 is 8.88. The Morgan fingerprint density at radius 2 is 1.00 bits per heavy atom. The molecule has 0 aromatic carbocycles. The van der Waals surface area contributed by atoms with Crippen molar-refractivity contribution in [2.24, 2.45) is 0 Å². The molecule has 0 aromatic rings. The van der Waals surface area contributed by atoms with Gasteiger partial charge in [0.25, 0.3) is 0 Å². The molecule has 0 heterocycles. The molecule has 0 aliphatic heterocycles. The summed E-state index contributed by atoms with van der Waals surface area (Å²) in [6, 6.07) is 0. The van der Waals surface area contributed by atoms with Crippen LogP contribution in [0.25, 0.3) is 0 Å². The van der Waals surface area contributed by atoms with E-state index in [0.717, 1.165) is 0 Å². The van der Waals surface area contributed by atoms with Crippen molar-refractivity contribution in [1.82, 2.24) is 12.3 Å². The second-order valence-electron chi connectivity index (χ2n) is 0.513. The van der Waals surface area contributed by atoms with Crippen LogP contribution in [0.1, 0.15) is 2.85 Å². The maximum atomic E-state index is 8.88. The van der Waals surface area contributed by atoms with E-state index in [-0.39, 0.29) is 123 Å². The Hall–Kier alpha value is 3.26. The molecular formula is H13K2N2O5P. The average Bonchev–Trinajstić information content (AvgIpc) is 0.722. The summed E-state index contributed by atoms with van der Waals surface area (Å²) in [5, 5.41) is 0. The first-order valence-electron chi connectivity index (χ1n) is 0.783. The van der Waals surface area contributed by atoms with Crippen LogP contribution in [-0.2, 0) is 4.57 Å². The van der Waals surface area contributed by atoms with Crippen LogP contribution in [0.15, 0.2) is 0 Å². The summed E-state index contributed by atoms with van der Waals surface area (Å²) in [7, 11) is -4.64. The zero-order valence-corrected chi connectivity index (χ0v) is 13.3. The van der Waals surface area contributed by atoms with Gasteiger partial charge in [-0.3, -0.25) is 0 Å². The van der Waals surface area contributed by atoms with Crippen molar-refractivity contribution in [1.29, 1.82) is 0 Å². The fourth-order valence-electron chi connectivity index (χ4n) is 0. The predicted octanol–water partition coefficient (Wildman–Crippen LogP) is -7.20. The van der Waals surface area contributed by atoms with Crippen molar-refractivity contribution in [3.8, 4) is 0 Å². The minimum absolute atomic E-state index is 0. The molecule has 0 rings (SSSR count). The molecule has 0 fully saturated rings. The van der Waals surface area contributed by atoms with E-state index in [1.807, 2.05) is 0 Å². The Kier molecular flexibility index (Phi) is 68.5. The fourth-order valence-corrected chi connectivity index (χ4v) is 0. The molecular weight excluding hydrogens is 217 g/mol. The molecule has 60 valence electrons. The Morgan fingerprint density at radius 3 is 1.00 bits per heavy atom. The van der Waals surface area contributed by atoms with Crippen LogP contribution in [0.5, 0.6) is 0 Å². The van der Waals surface area contributed by atoms with E-state index in [1.54, 1.807) is 0 Å². The maximum absolute atomic E-state index is 8.88. The molecule has 0 spiro atoms. The van der Waals surface area contributed by atoms with Gasteiger partial charge < -0.3 is 35.3 Å². The normalized spacial score (nSPS) is 5.90. The Morgan fingerprint density at radius 1 is 1.00 bits per heavy atom. The zero-order valence-electron chi connectivity index (χ0n) is 8.11. The summed E-state index contributed by atoms with van der Waals surface area (Å²) in [6.45, 7) is 0. The van der Waals surface area contributed by atoms with Crippen molar-refractivity contribution in [2.75, 3.05) is 0 Å². The topological polar surface area (TPSA) is 179 Å². The first-order valence-corrected chi connectivity index (χ1v) is 2.35. The van der Waals surface area contributed by atoms with Gasteiger partial charge in [-0.1, -0.05) is 0 Å².